The number of rotatable bonds is 3. The van der Waals surface area contributed by atoms with E-state index in [1.807, 2.05) is 40.2 Å². The highest BCUT2D eigenvalue weighted by atomic mass is 79.9. The summed E-state index contributed by atoms with van der Waals surface area (Å²) in [5.74, 6) is 4.90. The van der Waals surface area contributed by atoms with Crippen molar-refractivity contribution in [2.75, 3.05) is 0 Å². The van der Waals surface area contributed by atoms with Gasteiger partial charge in [0.2, 0.25) is 5.91 Å². The van der Waals surface area contributed by atoms with Gasteiger partial charge in [0, 0.05) is 27.3 Å². The zero-order valence-corrected chi connectivity index (χ0v) is 12.7. The predicted octanol–water partition coefficient (Wildman–Crippen LogP) is 2.36. The van der Waals surface area contributed by atoms with Gasteiger partial charge in [0.15, 0.2) is 4.96 Å². The van der Waals surface area contributed by atoms with Crippen LogP contribution < -0.4 is 11.3 Å². The van der Waals surface area contributed by atoms with Crippen LogP contribution in [0.4, 0.5) is 0 Å². The minimum atomic E-state index is -0.219. The summed E-state index contributed by atoms with van der Waals surface area (Å²) in [4.78, 5) is 16.8. The van der Waals surface area contributed by atoms with Crippen LogP contribution in [0.15, 0.2) is 40.3 Å². The molecule has 0 fully saturated rings. The number of carbonyl (C=O) groups excluding carboxylic acids is 1. The second-order valence-corrected chi connectivity index (χ2v) is 6.01. The summed E-state index contributed by atoms with van der Waals surface area (Å²) in [6, 6.07) is 7.96. The Bertz CT molecular complexity index is 762. The van der Waals surface area contributed by atoms with Crippen molar-refractivity contribution in [3.05, 3.63) is 46.0 Å². The molecule has 5 nitrogen and oxygen atoms in total. The van der Waals surface area contributed by atoms with E-state index in [1.165, 1.54) is 11.3 Å². The number of thiazole rings is 1. The lowest BCUT2D eigenvalue weighted by atomic mass is 10.2. The van der Waals surface area contributed by atoms with Crippen LogP contribution in [0.25, 0.3) is 16.2 Å². The Balaban J connectivity index is 1.98. The average molecular weight is 351 g/mol. The Kier molecular flexibility index (Phi) is 3.56. The lowest BCUT2D eigenvalue weighted by molar-refractivity contribution is -0.120. The van der Waals surface area contributed by atoms with Gasteiger partial charge in [0.1, 0.15) is 0 Å². The number of halogens is 1. The molecule has 3 aromatic rings. The molecule has 0 saturated heterocycles. The third-order valence-corrected chi connectivity index (χ3v) is 4.34. The van der Waals surface area contributed by atoms with Gasteiger partial charge in [-0.1, -0.05) is 28.1 Å². The molecule has 1 amide bonds. The number of benzene rings is 1. The summed E-state index contributed by atoms with van der Waals surface area (Å²) in [7, 11) is 0. The maximum atomic E-state index is 11.4. The fourth-order valence-electron chi connectivity index (χ4n) is 1.93. The first-order valence-corrected chi connectivity index (χ1v) is 7.55. The number of hydrogen-bond donors (Lipinski definition) is 2. The van der Waals surface area contributed by atoms with Crippen molar-refractivity contribution in [2.45, 2.75) is 6.42 Å². The van der Waals surface area contributed by atoms with E-state index >= 15 is 0 Å². The van der Waals surface area contributed by atoms with Crippen molar-refractivity contribution in [3.8, 4) is 11.3 Å². The molecule has 0 spiro atoms. The minimum absolute atomic E-state index is 0.219. The van der Waals surface area contributed by atoms with Gasteiger partial charge in [-0.05, 0) is 12.1 Å². The molecule has 0 aliphatic heterocycles. The third-order valence-electron chi connectivity index (χ3n) is 2.93. The van der Waals surface area contributed by atoms with Crippen molar-refractivity contribution < 1.29 is 4.79 Å². The van der Waals surface area contributed by atoms with Crippen molar-refractivity contribution in [1.82, 2.24) is 14.8 Å². The molecule has 1 aromatic carbocycles. The maximum absolute atomic E-state index is 11.4. The zero-order chi connectivity index (χ0) is 14.1. The van der Waals surface area contributed by atoms with Crippen molar-refractivity contribution in [2.24, 2.45) is 5.84 Å². The Morgan fingerprint density at radius 2 is 2.15 bits per heavy atom. The molecule has 0 aliphatic rings. The van der Waals surface area contributed by atoms with Gasteiger partial charge in [-0.25, -0.2) is 10.8 Å². The van der Waals surface area contributed by atoms with Crippen LogP contribution >= 0.6 is 27.3 Å². The first-order chi connectivity index (χ1) is 9.67. The average Bonchev–Trinajstić information content (AvgIpc) is 3.01. The summed E-state index contributed by atoms with van der Waals surface area (Å²) < 4.78 is 2.96. The zero-order valence-electron chi connectivity index (χ0n) is 10.3. The fourth-order valence-corrected chi connectivity index (χ4v) is 3.07. The van der Waals surface area contributed by atoms with Gasteiger partial charge in [-0.15, -0.1) is 11.3 Å². The fraction of sp³-hybridized carbons (Fsp3) is 0.0769. The molecule has 0 saturated carbocycles. The van der Waals surface area contributed by atoms with Crippen LogP contribution in [0.5, 0.6) is 0 Å². The van der Waals surface area contributed by atoms with Gasteiger partial charge in [-0.3, -0.25) is 14.6 Å². The number of imidazole rings is 1. The van der Waals surface area contributed by atoms with Gasteiger partial charge in [-0.2, -0.15) is 0 Å². The number of carbonyl (C=O) groups is 1. The number of hydrazine groups is 1. The van der Waals surface area contributed by atoms with E-state index in [1.54, 1.807) is 0 Å². The topological polar surface area (TPSA) is 72.4 Å². The standard InChI is InChI=1S/C13H11BrN4OS/c14-9-3-1-8(2-4-9)11-6-18-10(5-12(19)17-15)7-20-13(18)16-11/h1-4,6-7H,5,15H2,(H,17,19). The Hall–Kier alpha value is -1.70. The van der Waals surface area contributed by atoms with Crippen molar-refractivity contribution >= 4 is 38.1 Å². The summed E-state index contributed by atoms with van der Waals surface area (Å²) in [6.45, 7) is 0. The molecule has 2 heterocycles. The summed E-state index contributed by atoms with van der Waals surface area (Å²) >= 11 is 4.92. The molecule has 2 aromatic heterocycles. The molecule has 7 heteroatoms. The molecular formula is C13H11BrN4OS. The van der Waals surface area contributed by atoms with Crippen molar-refractivity contribution in [3.63, 3.8) is 0 Å². The maximum Gasteiger partial charge on any atom is 0.239 e. The Labute approximate surface area is 127 Å². The molecule has 3 N–H and O–H groups in total. The quantitative estimate of drug-likeness (QED) is 0.432. The molecule has 0 bridgehead atoms. The van der Waals surface area contributed by atoms with Crippen molar-refractivity contribution in [1.29, 1.82) is 0 Å². The summed E-state index contributed by atoms with van der Waals surface area (Å²) in [6.07, 6.45) is 2.18. The lowest BCUT2D eigenvalue weighted by Gasteiger charge is -1.98. The molecule has 0 radical (unpaired) electrons. The van der Waals surface area contributed by atoms with E-state index in [2.05, 4.69) is 26.3 Å². The van der Waals surface area contributed by atoms with Gasteiger partial charge in [0.25, 0.3) is 0 Å². The minimum Gasteiger partial charge on any atom is -0.294 e. The van der Waals surface area contributed by atoms with E-state index in [-0.39, 0.29) is 12.3 Å². The highest BCUT2D eigenvalue weighted by molar-refractivity contribution is 9.10. The van der Waals surface area contributed by atoms with E-state index in [4.69, 9.17) is 5.84 Å². The molecule has 0 atom stereocenters. The summed E-state index contributed by atoms with van der Waals surface area (Å²) in [5, 5.41) is 1.92. The van der Waals surface area contributed by atoms with E-state index in [9.17, 15) is 4.79 Å². The van der Waals surface area contributed by atoms with E-state index < -0.39 is 0 Å². The van der Waals surface area contributed by atoms with Crippen LogP contribution in [-0.4, -0.2) is 15.3 Å². The molecular weight excluding hydrogens is 340 g/mol. The highest BCUT2D eigenvalue weighted by Crippen LogP contribution is 2.25. The molecule has 3 rings (SSSR count). The number of nitrogens with one attached hydrogen (secondary N) is 1. The molecule has 0 unspecified atom stereocenters. The summed E-state index contributed by atoms with van der Waals surface area (Å²) in [5.41, 5.74) is 4.95. The van der Waals surface area contributed by atoms with Crippen LogP contribution in [-0.2, 0) is 11.2 Å². The first-order valence-electron chi connectivity index (χ1n) is 5.88. The van der Waals surface area contributed by atoms with Gasteiger partial charge < -0.3 is 0 Å². The number of fused-ring (bicyclic) bond motifs is 1. The Morgan fingerprint density at radius 1 is 1.40 bits per heavy atom. The number of aromatic nitrogens is 2. The predicted molar refractivity (Wildman–Crippen MR) is 82.2 cm³/mol. The number of hydrogen-bond acceptors (Lipinski definition) is 4. The first kappa shape index (κ1) is 13.3. The van der Waals surface area contributed by atoms with Gasteiger partial charge >= 0.3 is 0 Å². The number of amides is 1. The SMILES string of the molecule is NNC(=O)Cc1csc2nc(-c3ccc(Br)cc3)cn12. The van der Waals surface area contributed by atoms with Crippen LogP contribution in [0.2, 0.25) is 0 Å². The smallest absolute Gasteiger partial charge is 0.239 e. The normalized spacial score (nSPS) is 10.9. The van der Waals surface area contributed by atoms with Gasteiger partial charge in [0.05, 0.1) is 12.1 Å². The molecule has 0 aliphatic carbocycles. The number of nitrogens with zero attached hydrogens (tertiary/aromatic N) is 2. The largest absolute Gasteiger partial charge is 0.294 e. The number of nitrogens with two attached hydrogens (primary N) is 1. The third kappa shape index (κ3) is 2.47. The van der Waals surface area contributed by atoms with Crippen LogP contribution in [0, 0.1) is 0 Å². The van der Waals surface area contributed by atoms with E-state index in [0.29, 0.717) is 0 Å². The van der Waals surface area contributed by atoms with E-state index in [0.717, 1.165) is 26.4 Å². The second kappa shape index (κ2) is 5.35. The van der Waals surface area contributed by atoms with Crippen LogP contribution in [0.1, 0.15) is 5.69 Å². The monoisotopic (exact) mass is 350 g/mol. The highest BCUT2D eigenvalue weighted by Gasteiger charge is 2.11. The molecule has 102 valence electrons. The van der Waals surface area contributed by atoms with Crippen LogP contribution in [0.3, 0.4) is 0 Å². The second-order valence-electron chi connectivity index (χ2n) is 4.26. The molecule has 20 heavy (non-hydrogen) atoms. The Morgan fingerprint density at radius 3 is 2.85 bits per heavy atom. The lowest BCUT2D eigenvalue weighted by Crippen LogP contribution is -2.31.